The smallest absolute Gasteiger partial charge is 0.322 e. The lowest BCUT2D eigenvalue weighted by molar-refractivity contribution is -0.140. The van der Waals surface area contributed by atoms with Gasteiger partial charge in [-0.05, 0) is 65.6 Å². The van der Waals surface area contributed by atoms with Crippen LogP contribution in [-0.2, 0) is 14.8 Å². The number of carbonyl (C=O) groups is 2. The lowest BCUT2D eigenvalue weighted by Gasteiger charge is -2.18. The maximum absolute atomic E-state index is 12.6. The first-order valence-corrected chi connectivity index (χ1v) is 12.0. The second-order valence-electron chi connectivity index (χ2n) is 7.74. The van der Waals surface area contributed by atoms with E-state index in [1.165, 1.54) is 12.1 Å². The molecular weight excluding hydrogens is 464 g/mol. The van der Waals surface area contributed by atoms with Crippen LogP contribution in [0.15, 0.2) is 77.7 Å². The Kier molecular flexibility index (Phi) is 7.53. The highest BCUT2D eigenvalue weighted by atomic mass is 35.5. The molecule has 0 heterocycles. The summed E-state index contributed by atoms with van der Waals surface area (Å²) in [6, 6.07) is 18.6. The van der Waals surface area contributed by atoms with Crippen molar-refractivity contribution >= 4 is 39.2 Å². The van der Waals surface area contributed by atoms with Gasteiger partial charge >= 0.3 is 5.97 Å². The van der Waals surface area contributed by atoms with E-state index in [0.29, 0.717) is 16.3 Å². The molecule has 0 bridgehead atoms. The van der Waals surface area contributed by atoms with Gasteiger partial charge in [0, 0.05) is 16.3 Å². The molecule has 0 spiro atoms. The highest BCUT2D eigenvalue weighted by Crippen LogP contribution is 2.24. The Morgan fingerprint density at radius 2 is 1.36 bits per heavy atom. The Morgan fingerprint density at radius 3 is 1.85 bits per heavy atom. The number of sulfonamides is 1. The molecule has 9 heteroatoms. The van der Waals surface area contributed by atoms with Gasteiger partial charge in [-0.1, -0.05) is 49.7 Å². The quantitative estimate of drug-likeness (QED) is 0.429. The normalized spacial score (nSPS) is 12.4. The number of benzene rings is 3. The summed E-state index contributed by atoms with van der Waals surface area (Å²) in [4.78, 5) is 23.6. The molecule has 7 nitrogen and oxygen atoms in total. The van der Waals surface area contributed by atoms with Crippen LogP contribution in [0.4, 0.5) is 5.69 Å². The number of rotatable bonds is 8. The fourth-order valence-corrected chi connectivity index (χ4v) is 4.55. The molecule has 0 unspecified atom stereocenters. The molecule has 172 valence electrons. The van der Waals surface area contributed by atoms with E-state index in [4.69, 9.17) is 11.6 Å². The summed E-state index contributed by atoms with van der Waals surface area (Å²) in [6.45, 7) is 3.26. The molecular formula is C24H23ClN2O5S. The molecule has 33 heavy (non-hydrogen) atoms. The minimum Gasteiger partial charge on any atom is -0.480 e. The zero-order valence-electron chi connectivity index (χ0n) is 17.9. The summed E-state index contributed by atoms with van der Waals surface area (Å²) < 4.78 is 27.4. The fourth-order valence-electron chi connectivity index (χ4n) is 3.08. The fraction of sp³-hybridized carbons (Fsp3) is 0.167. The molecule has 3 aromatic rings. The van der Waals surface area contributed by atoms with Crippen LogP contribution in [0.2, 0.25) is 5.02 Å². The minimum atomic E-state index is -3.98. The first kappa shape index (κ1) is 24.4. The predicted molar refractivity (Wildman–Crippen MR) is 128 cm³/mol. The van der Waals surface area contributed by atoms with Crippen molar-refractivity contribution in [2.45, 2.75) is 24.8 Å². The third-order valence-electron chi connectivity index (χ3n) is 4.96. The largest absolute Gasteiger partial charge is 0.480 e. The SMILES string of the molecule is CC(C)[C@H](NS(=O)(=O)c1ccc(-c2ccc(NC(=O)c3ccc(Cl)cc3)cc2)cc1)C(=O)O. The number of carboxylic acids is 1. The predicted octanol–water partition coefficient (Wildman–Crippen LogP) is 4.65. The van der Waals surface area contributed by atoms with E-state index in [9.17, 15) is 23.1 Å². The first-order valence-electron chi connectivity index (χ1n) is 10.1. The number of halogens is 1. The van der Waals surface area contributed by atoms with Crippen molar-refractivity contribution in [3.8, 4) is 11.1 Å². The summed E-state index contributed by atoms with van der Waals surface area (Å²) in [5.41, 5.74) is 2.68. The molecule has 0 aromatic heterocycles. The number of hydrogen-bond acceptors (Lipinski definition) is 4. The van der Waals surface area contributed by atoms with Crippen LogP contribution >= 0.6 is 11.6 Å². The number of aliphatic carboxylic acids is 1. The van der Waals surface area contributed by atoms with Crippen molar-refractivity contribution in [3.05, 3.63) is 83.4 Å². The van der Waals surface area contributed by atoms with E-state index < -0.39 is 28.0 Å². The molecule has 0 aliphatic heterocycles. The van der Waals surface area contributed by atoms with Crippen molar-refractivity contribution in [3.63, 3.8) is 0 Å². The molecule has 0 aliphatic carbocycles. The van der Waals surface area contributed by atoms with E-state index in [0.717, 1.165) is 11.1 Å². The summed E-state index contributed by atoms with van der Waals surface area (Å²) in [5.74, 6) is -1.90. The molecule has 0 aliphatic rings. The third-order valence-corrected chi connectivity index (χ3v) is 6.67. The summed E-state index contributed by atoms with van der Waals surface area (Å²) in [5, 5.41) is 12.6. The van der Waals surface area contributed by atoms with E-state index >= 15 is 0 Å². The number of hydrogen-bond donors (Lipinski definition) is 3. The lowest BCUT2D eigenvalue weighted by atomic mass is 10.1. The Labute approximate surface area is 197 Å². The van der Waals surface area contributed by atoms with Gasteiger partial charge in [0.05, 0.1) is 4.90 Å². The van der Waals surface area contributed by atoms with E-state index in [2.05, 4.69) is 10.0 Å². The van der Waals surface area contributed by atoms with Gasteiger partial charge in [0.2, 0.25) is 10.0 Å². The minimum absolute atomic E-state index is 0.0231. The highest BCUT2D eigenvalue weighted by molar-refractivity contribution is 7.89. The highest BCUT2D eigenvalue weighted by Gasteiger charge is 2.27. The van der Waals surface area contributed by atoms with Crippen LogP contribution < -0.4 is 10.0 Å². The molecule has 3 N–H and O–H groups in total. The maximum Gasteiger partial charge on any atom is 0.322 e. The van der Waals surface area contributed by atoms with Crippen molar-refractivity contribution in [1.82, 2.24) is 4.72 Å². The zero-order chi connectivity index (χ0) is 24.2. The molecule has 1 atom stereocenters. The van der Waals surface area contributed by atoms with Gasteiger partial charge in [-0.3, -0.25) is 9.59 Å². The van der Waals surface area contributed by atoms with Crippen LogP contribution in [0.1, 0.15) is 24.2 Å². The van der Waals surface area contributed by atoms with Gasteiger partial charge in [-0.15, -0.1) is 0 Å². The second-order valence-corrected chi connectivity index (χ2v) is 9.89. The van der Waals surface area contributed by atoms with Crippen molar-refractivity contribution in [2.75, 3.05) is 5.32 Å². The summed E-state index contributed by atoms with van der Waals surface area (Å²) in [6.07, 6.45) is 0. The lowest BCUT2D eigenvalue weighted by Crippen LogP contribution is -2.44. The summed E-state index contributed by atoms with van der Waals surface area (Å²) in [7, 11) is -3.98. The van der Waals surface area contributed by atoms with Gasteiger partial charge in [0.1, 0.15) is 6.04 Å². The molecule has 0 saturated heterocycles. The number of amides is 1. The average Bonchev–Trinajstić information content (AvgIpc) is 2.78. The molecule has 0 fully saturated rings. The monoisotopic (exact) mass is 486 g/mol. The van der Waals surface area contributed by atoms with Gasteiger partial charge in [0.25, 0.3) is 5.91 Å². The van der Waals surface area contributed by atoms with Crippen molar-refractivity contribution in [1.29, 1.82) is 0 Å². The number of nitrogens with one attached hydrogen (secondary N) is 2. The molecule has 0 saturated carbocycles. The zero-order valence-corrected chi connectivity index (χ0v) is 19.5. The van der Waals surface area contributed by atoms with E-state index in [1.54, 1.807) is 74.5 Å². The van der Waals surface area contributed by atoms with Crippen molar-refractivity contribution in [2.24, 2.45) is 5.92 Å². The first-order chi connectivity index (χ1) is 15.6. The van der Waals surface area contributed by atoms with Crippen LogP contribution in [-0.4, -0.2) is 31.4 Å². The van der Waals surface area contributed by atoms with Gasteiger partial charge in [-0.2, -0.15) is 4.72 Å². The number of anilines is 1. The van der Waals surface area contributed by atoms with E-state index in [1.807, 2.05) is 0 Å². The van der Waals surface area contributed by atoms with Crippen LogP contribution in [0.5, 0.6) is 0 Å². The Balaban J connectivity index is 1.71. The molecule has 0 radical (unpaired) electrons. The van der Waals surface area contributed by atoms with Gasteiger partial charge in [-0.25, -0.2) is 8.42 Å². The maximum atomic E-state index is 12.6. The number of carboxylic acid groups (broad SMARTS) is 1. The van der Waals surface area contributed by atoms with Crippen LogP contribution in [0.3, 0.4) is 0 Å². The standard InChI is InChI=1S/C24H23ClN2O5S/c1-15(2)22(24(29)30)27-33(31,32)21-13-7-17(8-14-21)16-5-11-20(12-6-16)26-23(28)18-3-9-19(25)10-4-18/h3-15,22,27H,1-2H3,(H,26,28)(H,29,30)/t22-/m0/s1. The topological polar surface area (TPSA) is 113 Å². The second kappa shape index (κ2) is 10.2. The third kappa shape index (κ3) is 6.19. The summed E-state index contributed by atoms with van der Waals surface area (Å²) >= 11 is 5.84. The molecule has 1 amide bonds. The van der Waals surface area contributed by atoms with Gasteiger partial charge < -0.3 is 10.4 Å². The average molecular weight is 487 g/mol. The molecule has 3 rings (SSSR count). The Hall–Kier alpha value is -3.20. The van der Waals surface area contributed by atoms with Crippen molar-refractivity contribution < 1.29 is 23.1 Å². The van der Waals surface area contributed by atoms with Crippen LogP contribution in [0.25, 0.3) is 11.1 Å². The Bertz CT molecular complexity index is 1240. The Morgan fingerprint density at radius 1 is 0.848 bits per heavy atom. The molecule has 3 aromatic carbocycles. The van der Waals surface area contributed by atoms with Crippen LogP contribution in [0, 0.1) is 5.92 Å². The van der Waals surface area contributed by atoms with Gasteiger partial charge in [0.15, 0.2) is 0 Å². The van der Waals surface area contributed by atoms with E-state index in [-0.39, 0.29) is 10.8 Å². The number of carbonyl (C=O) groups excluding carboxylic acids is 1.